The minimum absolute atomic E-state index is 0.0151. The van der Waals surface area contributed by atoms with Gasteiger partial charge in [-0.15, -0.1) is 0 Å². The molecule has 1 amide bonds. The largest absolute Gasteiger partial charge is 0.348 e. The number of hydrogen-bond donors (Lipinski definition) is 2. The number of nitriles is 1. The molecule has 0 spiro atoms. The van der Waals surface area contributed by atoms with E-state index in [2.05, 4.69) is 36.8 Å². The van der Waals surface area contributed by atoms with Crippen LogP contribution < -0.4 is 15.5 Å². The fourth-order valence-corrected chi connectivity index (χ4v) is 4.19. The van der Waals surface area contributed by atoms with Crippen LogP contribution in [0.15, 0.2) is 63.0 Å². The third-order valence-corrected chi connectivity index (χ3v) is 7.16. The van der Waals surface area contributed by atoms with Gasteiger partial charge in [0.25, 0.3) is 5.91 Å². The van der Waals surface area contributed by atoms with Gasteiger partial charge in [-0.1, -0.05) is 12.1 Å². The fourth-order valence-electron chi connectivity index (χ4n) is 2.94. The molecule has 0 aliphatic rings. The second-order valence-corrected chi connectivity index (χ2v) is 9.83. The number of carbonyl (C=O) groups is 1. The summed E-state index contributed by atoms with van der Waals surface area (Å²) in [7, 11) is -2.90. The lowest BCUT2D eigenvalue weighted by molar-refractivity contribution is 0.0949. The summed E-state index contributed by atoms with van der Waals surface area (Å²) in [5.41, 5.74) is 2.53. The van der Waals surface area contributed by atoms with Crippen molar-refractivity contribution in [1.82, 2.24) is 19.6 Å². The number of aromatic nitrogens is 2. The minimum Gasteiger partial charge on any atom is -0.348 e. The van der Waals surface area contributed by atoms with Crippen molar-refractivity contribution in [2.45, 2.75) is 25.3 Å². The SMILES string of the molecule is C=S(=O)(NC#N)c1ccc(CNC(=O)c2cn(-c3ccc(C)nc3)c(C)c(Br)c2=O)cc1. The first kappa shape index (κ1) is 23.2. The van der Waals surface area contributed by atoms with Crippen LogP contribution in [0.2, 0.25) is 0 Å². The maximum Gasteiger partial charge on any atom is 0.257 e. The molecule has 164 valence electrons. The first-order valence-electron chi connectivity index (χ1n) is 9.39. The Hall–Kier alpha value is -3.42. The summed E-state index contributed by atoms with van der Waals surface area (Å²) in [4.78, 5) is 30.1. The van der Waals surface area contributed by atoms with E-state index in [-0.39, 0.29) is 12.1 Å². The highest BCUT2D eigenvalue weighted by molar-refractivity contribution is 9.10. The molecule has 1 unspecified atom stereocenters. The molecule has 0 radical (unpaired) electrons. The fraction of sp³-hybridized carbons (Fsp3) is 0.136. The third-order valence-electron chi connectivity index (χ3n) is 4.77. The van der Waals surface area contributed by atoms with Gasteiger partial charge in [-0.2, -0.15) is 5.26 Å². The second-order valence-electron chi connectivity index (χ2n) is 7.01. The van der Waals surface area contributed by atoms with Gasteiger partial charge >= 0.3 is 0 Å². The maximum absolute atomic E-state index is 12.8. The molecule has 10 heteroatoms. The van der Waals surface area contributed by atoms with E-state index < -0.39 is 21.0 Å². The van der Waals surface area contributed by atoms with Crippen LogP contribution in [0.25, 0.3) is 5.69 Å². The molecule has 3 rings (SSSR count). The quantitative estimate of drug-likeness (QED) is 0.298. The number of pyridine rings is 2. The molecule has 32 heavy (non-hydrogen) atoms. The van der Waals surface area contributed by atoms with Gasteiger partial charge in [-0.3, -0.25) is 14.6 Å². The molecule has 0 aliphatic heterocycles. The number of nitrogens with zero attached hydrogens (tertiary/aromatic N) is 3. The molecule has 3 aromatic rings. The Bertz CT molecular complexity index is 1370. The molecule has 0 saturated heterocycles. The van der Waals surface area contributed by atoms with Crippen molar-refractivity contribution in [3.05, 3.63) is 86.0 Å². The van der Waals surface area contributed by atoms with E-state index in [0.29, 0.717) is 15.1 Å². The Labute approximate surface area is 194 Å². The molecule has 1 atom stereocenters. The molecule has 0 bridgehead atoms. The summed E-state index contributed by atoms with van der Waals surface area (Å²) in [6.45, 7) is 3.80. The van der Waals surface area contributed by atoms with Crippen LogP contribution >= 0.6 is 15.9 Å². The Morgan fingerprint density at radius 1 is 1.25 bits per heavy atom. The lowest BCUT2D eigenvalue weighted by Gasteiger charge is -2.15. The number of carbonyl (C=O) groups excluding carboxylic acids is 1. The first-order valence-corrected chi connectivity index (χ1v) is 11.9. The van der Waals surface area contributed by atoms with Crippen LogP contribution in [0.5, 0.6) is 0 Å². The second kappa shape index (κ2) is 9.38. The molecule has 0 saturated carbocycles. The Morgan fingerprint density at radius 2 is 1.94 bits per heavy atom. The molecular formula is C22H20BrN5O3S. The molecule has 1 aromatic carbocycles. The van der Waals surface area contributed by atoms with Gasteiger partial charge in [0.1, 0.15) is 5.56 Å². The van der Waals surface area contributed by atoms with Gasteiger partial charge < -0.3 is 9.88 Å². The number of benzene rings is 1. The Balaban J connectivity index is 1.83. The molecule has 2 heterocycles. The van der Waals surface area contributed by atoms with Crippen LogP contribution in [0, 0.1) is 25.3 Å². The van der Waals surface area contributed by atoms with Crippen LogP contribution in [-0.2, 0) is 16.3 Å². The van der Waals surface area contributed by atoms with Crippen LogP contribution in [0.3, 0.4) is 0 Å². The molecule has 2 aromatic heterocycles. The van der Waals surface area contributed by atoms with Crippen LogP contribution in [0.4, 0.5) is 0 Å². The standard InChI is InChI=1S/C22H20BrN5O3S/c1-14-4-7-17(11-25-14)28-12-19(21(29)20(23)15(28)2)22(30)26-10-16-5-8-18(9-6-16)32(3,31)27-13-24/h4-9,11-12H,3,10H2,1-2H3,(H,26,30)(H,27,31). The lowest BCUT2D eigenvalue weighted by Crippen LogP contribution is -2.30. The molecule has 8 nitrogen and oxygen atoms in total. The Morgan fingerprint density at radius 3 is 2.53 bits per heavy atom. The van der Waals surface area contributed by atoms with E-state index in [1.54, 1.807) is 48.1 Å². The molecule has 0 fully saturated rings. The summed E-state index contributed by atoms with van der Waals surface area (Å²) < 4.78 is 16.5. The van der Waals surface area contributed by atoms with Crippen molar-refractivity contribution in [1.29, 1.82) is 5.26 Å². The zero-order valence-corrected chi connectivity index (χ0v) is 19.8. The summed E-state index contributed by atoms with van der Waals surface area (Å²) in [6.07, 6.45) is 4.80. The van der Waals surface area contributed by atoms with Crippen molar-refractivity contribution in [2.24, 2.45) is 0 Å². The first-order chi connectivity index (χ1) is 15.1. The van der Waals surface area contributed by atoms with Crippen LogP contribution in [-0.4, -0.2) is 25.5 Å². The number of rotatable bonds is 6. The van der Waals surface area contributed by atoms with Crippen molar-refractivity contribution >= 4 is 37.4 Å². The van der Waals surface area contributed by atoms with E-state index in [1.165, 1.54) is 6.20 Å². The predicted molar refractivity (Wildman–Crippen MR) is 127 cm³/mol. The van der Waals surface area contributed by atoms with Crippen LogP contribution in [0.1, 0.15) is 27.3 Å². The van der Waals surface area contributed by atoms with Gasteiger partial charge in [0, 0.05) is 24.1 Å². The topological polar surface area (TPSA) is 117 Å². The number of aryl methyl sites for hydroxylation is 1. The highest BCUT2D eigenvalue weighted by Crippen LogP contribution is 2.18. The van der Waals surface area contributed by atoms with Gasteiger partial charge in [0.05, 0.1) is 31.0 Å². The number of hydrogen-bond acceptors (Lipinski definition) is 5. The van der Waals surface area contributed by atoms with Crippen molar-refractivity contribution in [3.8, 4) is 11.9 Å². The van der Waals surface area contributed by atoms with Crippen molar-refractivity contribution < 1.29 is 9.00 Å². The van der Waals surface area contributed by atoms with E-state index in [0.717, 1.165) is 16.9 Å². The average molecular weight is 514 g/mol. The Kier molecular flexibility index (Phi) is 6.81. The van der Waals surface area contributed by atoms with Crippen molar-refractivity contribution in [3.63, 3.8) is 0 Å². The average Bonchev–Trinajstić information content (AvgIpc) is 2.77. The minimum atomic E-state index is -2.90. The van der Waals surface area contributed by atoms with E-state index in [9.17, 15) is 13.8 Å². The summed E-state index contributed by atoms with van der Waals surface area (Å²) in [6, 6.07) is 10.2. The maximum atomic E-state index is 12.8. The van der Waals surface area contributed by atoms with Gasteiger partial charge in [-0.25, -0.2) is 8.93 Å². The zero-order valence-electron chi connectivity index (χ0n) is 17.4. The zero-order chi connectivity index (χ0) is 23.5. The molecule has 2 N–H and O–H groups in total. The summed E-state index contributed by atoms with van der Waals surface area (Å²) in [5.74, 6) is 2.99. The highest BCUT2D eigenvalue weighted by atomic mass is 79.9. The highest BCUT2D eigenvalue weighted by Gasteiger charge is 2.17. The molecular weight excluding hydrogens is 494 g/mol. The third kappa shape index (κ3) is 4.90. The summed E-state index contributed by atoms with van der Waals surface area (Å²) >= 11 is 3.30. The normalized spacial score (nSPS) is 12.4. The predicted octanol–water partition coefficient (Wildman–Crippen LogP) is 2.60. The van der Waals surface area contributed by atoms with Gasteiger partial charge in [0.15, 0.2) is 6.19 Å². The van der Waals surface area contributed by atoms with E-state index in [1.807, 2.05) is 19.1 Å². The van der Waals surface area contributed by atoms with Gasteiger partial charge in [-0.05, 0) is 65.5 Å². The van der Waals surface area contributed by atoms with Gasteiger partial charge in [0.2, 0.25) is 5.43 Å². The number of nitrogens with one attached hydrogen (secondary N) is 2. The van der Waals surface area contributed by atoms with Crippen molar-refractivity contribution in [2.75, 3.05) is 0 Å². The lowest BCUT2D eigenvalue weighted by atomic mass is 10.2. The monoisotopic (exact) mass is 513 g/mol. The van der Waals surface area contributed by atoms with E-state index in [4.69, 9.17) is 5.26 Å². The van der Waals surface area contributed by atoms with E-state index >= 15 is 0 Å². The smallest absolute Gasteiger partial charge is 0.257 e. The summed E-state index contributed by atoms with van der Waals surface area (Å²) in [5, 5.41) is 11.4. The number of halogens is 1. The number of amides is 1. The molecule has 0 aliphatic carbocycles.